The molecule has 0 atom stereocenters. The highest BCUT2D eigenvalue weighted by Gasteiger charge is 2.33. The van der Waals surface area contributed by atoms with E-state index in [2.05, 4.69) is 9.88 Å². The second kappa shape index (κ2) is 7.27. The summed E-state index contributed by atoms with van der Waals surface area (Å²) in [6.07, 6.45) is 6.04. The van der Waals surface area contributed by atoms with Crippen molar-refractivity contribution in [2.75, 3.05) is 27.0 Å². The summed E-state index contributed by atoms with van der Waals surface area (Å²) in [4.78, 5) is 18.9. The third-order valence-corrected chi connectivity index (χ3v) is 4.49. The molecule has 4 rings (SSSR count). The van der Waals surface area contributed by atoms with Gasteiger partial charge in [0, 0.05) is 39.2 Å². The number of methoxy groups -OCH3 is 1. The summed E-state index contributed by atoms with van der Waals surface area (Å²) < 4.78 is 16.9. The number of nitrogens with zero attached hydrogens (tertiary/aromatic N) is 2. The van der Waals surface area contributed by atoms with Gasteiger partial charge in [0.05, 0.1) is 11.1 Å². The molecule has 0 saturated heterocycles. The minimum atomic E-state index is -0.108. The molecule has 0 amide bonds. The molecule has 0 N–H and O–H groups in total. The van der Waals surface area contributed by atoms with Crippen molar-refractivity contribution in [3.05, 3.63) is 59.1 Å². The molecular formula is C20H20N2O4. The minimum absolute atomic E-state index is 0.108. The molecule has 6 nitrogen and oxygen atoms in total. The Morgan fingerprint density at radius 2 is 2.27 bits per heavy atom. The quantitative estimate of drug-likeness (QED) is 0.609. The van der Waals surface area contributed by atoms with Crippen LogP contribution in [-0.4, -0.2) is 42.7 Å². The van der Waals surface area contributed by atoms with E-state index in [0.717, 1.165) is 29.8 Å². The number of hydrogen-bond acceptors (Lipinski definition) is 6. The van der Waals surface area contributed by atoms with Crippen molar-refractivity contribution in [2.24, 2.45) is 0 Å². The third-order valence-electron chi connectivity index (χ3n) is 4.49. The van der Waals surface area contributed by atoms with Gasteiger partial charge in [-0.25, -0.2) is 0 Å². The standard InChI is InChI=1S/C20H20N2O4/c1-24-9-3-8-22-12-16-17(25-13-22)6-5-15-19(23)18(26-20(15)16)10-14-4-2-7-21-11-14/h2,4-7,10-11H,3,8-9,12-13H2,1H3/b18-10-. The average Bonchev–Trinajstić information content (AvgIpc) is 2.99. The number of benzene rings is 1. The Morgan fingerprint density at radius 3 is 3.08 bits per heavy atom. The van der Waals surface area contributed by atoms with Crippen LogP contribution >= 0.6 is 0 Å². The number of pyridine rings is 1. The van der Waals surface area contributed by atoms with E-state index >= 15 is 0 Å². The summed E-state index contributed by atoms with van der Waals surface area (Å²) in [5, 5.41) is 0. The van der Waals surface area contributed by atoms with Gasteiger partial charge in [-0.2, -0.15) is 0 Å². The minimum Gasteiger partial charge on any atom is -0.478 e. The number of carbonyl (C=O) groups is 1. The van der Waals surface area contributed by atoms with Gasteiger partial charge in [-0.1, -0.05) is 6.07 Å². The Morgan fingerprint density at radius 1 is 1.35 bits per heavy atom. The number of carbonyl (C=O) groups excluding carboxylic acids is 1. The summed E-state index contributed by atoms with van der Waals surface area (Å²) in [7, 11) is 1.70. The first kappa shape index (κ1) is 16.8. The fourth-order valence-corrected chi connectivity index (χ4v) is 3.19. The maximum atomic E-state index is 12.7. The second-order valence-electron chi connectivity index (χ2n) is 6.32. The van der Waals surface area contributed by atoms with Crippen molar-refractivity contribution < 1.29 is 19.0 Å². The summed E-state index contributed by atoms with van der Waals surface area (Å²) in [6, 6.07) is 7.35. The number of fused-ring (bicyclic) bond motifs is 3. The van der Waals surface area contributed by atoms with Crippen LogP contribution in [0.3, 0.4) is 0 Å². The molecule has 3 heterocycles. The zero-order valence-corrected chi connectivity index (χ0v) is 14.6. The summed E-state index contributed by atoms with van der Waals surface area (Å²) >= 11 is 0. The highest BCUT2D eigenvalue weighted by atomic mass is 16.5. The lowest BCUT2D eigenvalue weighted by Gasteiger charge is -2.29. The molecule has 0 unspecified atom stereocenters. The first-order valence-corrected chi connectivity index (χ1v) is 8.60. The normalized spacial score (nSPS) is 17.6. The molecule has 2 aliphatic heterocycles. The van der Waals surface area contributed by atoms with Gasteiger partial charge in [0.2, 0.25) is 5.78 Å². The molecule has 0 radical (unpaired) electrons. The Kier molecular flexibility index (Phi) is 4.69. The maximum absolute atomic E-state index is 12.7. The van der Waals surface area contributed by atoms with Crippen LogP contribution in [0.5, 0.6) is 11.5 Å². The molecule has 134 valence electrons. The van der Waals surface area contributed by atoms with Gasteiger partial charge in [0.1, 0.15) is 18.2 Å². The Bertz CT molecular complexity index is 848. The average molecular weight is 352 g/mol. The topological polar surface area (TPSA) is 60.9 Å². The van der Waals surface area contributed by atoms with E-state index in [0.29, 0.717) is 37.0 Å². The van der Waals surface area contributed by atoms with Crippen molar-refractivity contribution in [1.29, 1.82) is 0 Å². The number of ketones is 1. The van der Waals surface area contributed by atoms with Gasteiger partial charge >= 0.3 is 0 Å². The van der Waals surface area contributed by atoms with E-state index in [1.807, 2.05) is 18.2 Å². The SMILES string of the molecule is COCCCN1COc2ccc3c(c2C1)O/C(=C\c1cccnc1)C3=O. The largest absolute Gasteiger partial charge is 0.478 e. The molecule has 26 heavy (non-hydrogen) atoms. The highest BCUT2D eigenvalue weighted by Crippen LogP contribution is 2.41. The van der Waals surface area contributed by atoms with Gasteiger partial charge in [-0.3, -0.25) is 14.7 Å². The predicted octanol–water partition coefficient (Wildman–Crippen LogP) is 2.89. The van der Waals surface area contributed by atoms with Crippen LogP contribution in [0.2, 0.25) is 0 Å². The van der Waals surface area contributed by atoms with E-state index < -0.39 is 0 Å². The molecule has 0 saturated carbocycles. The summed E-state index contributed by atoms with van der Waals surface area (Å²) in [5.74, 6) is 1.60. The summed E-state index contributed by atoms with van der Waals surface area (Å²) in [5.41, 5.74) is 2.34. The van der Waals surface area contributed by atoms with Crippen LogP contribution in [-0.2, 0) is 11.3 Å². The molecule has 0 fully saturated rings. The lowest BCUT2D eigenvalue weighted by molar-refractivity contribution is 0.0823. The van der Waals surface area contributed by atoms with E-state index in [9.17, 15) is 4.79 Å². The van der Waals surface area contributed by atoms with E-state index in [1.165, 1.54) is 0 Å². The predicted molar refractivity (Wildman–Crippen MR) is 96.0 cm³/mol. The van der Waals surface area contributed by atoms with Crippen molar-refractivity contribution in [1.82, 2.24) is 9.88 Å². The smallest absolute Gasteiger partial charge is 0.231 e. The molecule has 6 heteroatoms. The van der Waals surface area contributed by atoms with Gasteiger partial charge in [0.25, 0.3) is 0 Å². The Labute approximate surface area is 152 Å². The highest BCUT2D eigenvalue weighted by molar-refractivity contribution is 6.15. The van der Waals surface area contributed by atoms with Crippen molar-refractivity contribution in [3.8, 4) is 11.5 Å². The van der Waals surface area contributed by atoms with Crippen LogP contribution in [0.25, 0.3) is 6.08 Å². The molecule has 0 bridgehead atoms. The number of Topliss-reactive ketones (excluding diaryl/α,β-unsaturated/α-hetero) is 1. The van der Waals surface area contributed by atoms with Gasteiger partial charge in [-0.15, -0.1) is 0 Å². The van der Waals surface area contributed by atoms with E-state index in [1.54, 1.807) is 31.6 Å². The number of aromatic nitrogens is 1. The lowest BCUT2D eigenvalue weighted by Crippen LogP contribution is -2.33. The third kappa shape index (κ3) is 3.21. The second-order valence-corrected chi connectivity index (χ2v) is 6.32. The number of allylic oxidation sites excluding steroid dienone is 1. The number of hydrogen-bond donors (Lipinski definition) is 0. The molecule has 0 aliphatic carbocycles. The van der Waals surface area contributed by atoms with Crippen LogP contribution in [0.15, 0.2) is 42.4 Å². The molecule has 2 aliphatic rings. The van der Waals surface area contributed by atoms with Crippen LogP contribution < -0.4 is 9.47 Å². The van der Waals surface area contributed by atoms with Crippen LogP contribution in [0, 0.1) is 0 Å². The van der Waals surface area contributed by atoms with Crippen LogP contribution in [0.1, 0.15) is 27.9 Å². The zero-order valence-electron chi connectivity index (χ0n) is 14.6. The Balaban J connectivity index is 1.59. The first-order chi connectivity index (χ1) is 12.8. The number of rotatable bonds is 5. The van der Waals surface area contributed by atoms with Crippen molar-refractivity contribution in [3.63, 3.8) is 0 Å². The fraction of sp³-hybridized carbons (Fsp3) is 0.300. The summed E-state index contributed by atoms with van der Waals surface area (Å²) in [6.45, 7) is 2.80. The molecule has 2 aromatic rings. The fourth-order valence-electron chi connectivity index (χ4n) is 3.19. The zero-order chi connectivity index (χ0) is 17.9. The monoisotopic (exact) mass is 352 g/mol. The van der Waals surface area contributed by atoms with Crippen molar-refractivity contribution in [2.45, 2.75) is 13.0 Å². The van der Waals surface area contributed by atoms with E-state index in [-0.39, 0.29) is 5.78 Å². The van der Waals surface area contributed by atoms with Gasteiger partial charge in [0.15, 0.2) is 5.76 Å². The maximum Gasteiger partial charge on any atom is 0.231 e. The molecular weight excluding hydrogens is 332 g/mol. The Hall–Kier alpha value is -2.70. The van der Waals surface area contributed by atoms with Gasteiger partial charge in [-0.05, 0) is 36.3 Å². The molecule has 1 aromatic heterocycles. The number of ether oxygens (including phenoxy) is 3. The van der Waals surface area contributed by atoms with Crippen molar-refractivity contribution >= 4 is 11.9 Å². The van der Waals surface area contributed by atoms with Crippen LogP contribution in [0.4, 0.5) is 0 Å². The molecule has 0 spiro atoms. The lowest BCUT2D eigenvalue weighted by atomic mass is 10.0. The van der Waals surface area contributed by atoms with Gasteiger partial charge < -0.3 is 14.2 Å². The first-order valence-electron chi connectivity index (χ1n) is 8.60. The molecule has 1 aromatic carbocycles. The van der Waals surface area contributed by atoms with E-state index in [4.69, 9.17) is 14.2 Å².